The molecule has 0 aliphatic rings. The minimum Gasteiger partial charge on any atom is -0.462 e. The third kappa shape index (κ3) is 50.1. The zero-order valence-corrected chi connectivity index (χ0v) is 42.3. The minimum atomic E-state index is -0.814. The maximum absolute atomic E-state index is 12.8. The molecule has 1 atom stereocenters. The molecule has 0 spiro atoms. The van der Waals surface area contributed by atoms with E-state index >= 15 is 0 Å². The summed E-state index contributed by atoms with van der Waals surface area (Å²) in [6.07, 6.45) is 65.4. The van der Waals surface area contributed by atoms with Crippen molar-refractivity contribution in [3.63, 3.8) is 0 Å². The van der Waals surface area contributed by atoms with Gasteiger partial charge in [0.15, 0.2) is 6.10 Å². The third-order valence-corrected chi connectivity index (χ3v) is 11.8. The highest BCUT2D eigenvalue weighted by Gasteiger charge is 2.19. The van der Waals surface area contributed by atoms with Crippen LogP contribution in [0.5, 0.6) is 0 Å². The van der Waals surface area contributed by atoms with E-state index in [4.69, 9.17) is 14.2 Å². The molecule has 6 nitrogen and oxygen atoms in total. The number of unbranched alkanes of at least 4 members (excludes halogenated alkanes) is 29. The van der Waals surface area contributed by atoms with Gasteiger partial charge in [-0.1, -0.05) is 229 Å². The molecule has 0 aliphatic heterocycles. The smallest absolute Gasteiger partial charge is 0.309 e. The van der Waals surface area contributed by atoms with Crippen molar-refractivity contribution in [3.8, 4) is 0 Å². The Bertz CT molecular complexity index is 1170. The number of hydrogen-bond acceptors (Lipinski definition) is 6. The van der Waals surface area contributed by atoms with Gasteiger partial charge in [0, 0.05) is 12.8 Å². The first-order chi connectivity index (χ1) is 31.5. The molecule has 0 bridgehead atoms. The molecule has 0 radical (unpaired) electrons. The molecule has 1 unspecified atom stereocenters. The van der Waals surface area contributed by atoms with Crippen molar-refractivity contribution < 1.29 is 28.6 Å². The van der Waals surface area contributed by atoms with Crippen LogP contribution in [0.1, 0.15) is 271 Å². The van der Waals surface area contributed by atoms with Crippen molar-refractivity contribution in [2.45, 2.75) is 277 Å². The Morgan fingerprint density at radius 1 is 0.344 bits per heavy atom. The van der Waals surface area contributed by atoms with Crippen LogP contribution < -0.4 is 0 Å². The molecule has 6 heteroatoms. The van der Waals surface area contributed by atoms with Crippen LogP contribution in [-0.2, 0) is 28.6 Å². The molecule has 0 aromatic rings. The fourth-order valence-corrected chi connectivity index (χ4v) is 7.67. The normalized spacial score (nSPS) is 12.5. The van der Waals surface area contributed by atoms with Gasteiger partial charge in [0.05, 0.1) is 6.42 Å². The van der Waals surface area contributed by atoms with Crippen molar-refractivity contribution in [2.24, 2.45) is 0 Å². The fourth-order valence-electron chi connectivity index (χ4n) is 7.67. The van der Waals surface area contributed by atoms with Gasteiger partial charge >= 0.3 is 17.9 Å². The molecule has 0 heterocycles. The molecule has 0 N–H and O–H groups in total. The second-order valence-electron chi connectivity index (χ2n) is 18.1. The Balaban J connectivity index is 4.33. The first-order valence-electron chi connectivity index (χ1n) is 27.3. The monoisotopic (exact) mass is 895 g/mol. The molecule has 0 amide bonds. The van der Waals surface area contributed by atoms with Crippen molar-refractivity contribution in [1.29, 1.82) is 0 Å². The van der Waals surface area contributed by atoms with E-state index in [0.717, 1.165) is 70.6 Å². The van der Waals surface area contributed by atoms with Gasteiger partial charge in [0.2, 0.25) is 0 Å². The van der Waals surface area contributed by atoms with Crippen LogP contribution in [0.2, 0.25) is 0 Å². The molecule has 0 saturated heterocycles. The van der Waals surface area contributed by atoms with Gasteiger partial charge in [-0.05, 0) is 83.5 Å². The number of ether oxygens (including phenoxy) is 3. The quantitative estimate of drug-likeness (QED) is 0.0262. The number of allylic oxidation sites excluding steroid dienone is 9. The van der Waals surface area contributed by atoms with Gasteiger partial charge in [-0.3, -0.25) is 14.4 Å². The lowest BCUT2D eigenvalue weighted by Gasteiger charge is -2.18. The molecule has 370 valence electrons. The lowest BCUT2D eigenvalue weighted by atomic mass is 10.1. The predicted molar refractivity (Wildman–Crippen MR) is 275 cm³/mol. The Morgan fingerprint density at radius 3 is 1.08 bits per heavy atom. The second-order valence-corrected chi connectivity index (χ2v) is 18.1. The topological polar surface area (TPSA) is 78.9 Å². The highest BCUT2D eigenvalue weighted by molar-refractivity contribution is 5.72. The van der Waals surface area contributed by atoms with Gasteiger partial charge in [-0.2, -0.15) is 0 Å². The fraction of sp³-hybridized carbons (Fsp3) is 0.776. The summed E-state index contributed by atoms with van der Waals surface area (Å²) >= 11 is 0. The molecular weight excluding hydrogens is 793 g/mol. The molecule has 0 rings (SSSR count). The summed E-state index contributed by atoms with van der Waals surface area (Å²) in [6, 6.07) is 0. The first kappa shape index (κ1) is 61.1. The van der Waals surface area contributed by atoms with E-state index in [1.54, 1.807) is 6.08 Å². The lowest BCUT2D eigenvalue weighted by Crippen LogP contribution is -2.30. The third-order valence-electron chi connectivity index (χ3n) is 11.8. The van der Waals surface area contributed by atoms with Gasteiger partial charge in [0.1, 0.15) is 13.2 Å². The van der Waals surface area contributed by atoms with Crippen molar-refractivity contribution >= 4 is 17.9 Å². The summed E-state index contributed by atoms with van der Waals surface area (Å²) in [6.45, 7) is 6.43. The van der Waals surface area contributed by atoms with Crippen molar-refractivity contribution in [2.75, 3.05) is 13.2 Å². The summed E-state index contributed by atoms with van der Waals surface area (Å²) in [7, 11) is 0. The largest absolute Gasteiger partial charge is 0.462 e. The molecule has 0 aromatic carbocycles. The maximum Gasteiger partial charge on any atom is 0.309 e. The number of hydrogen-bond donors (Lipinski definition) is 0. The zero-order chi connectivity index (χ0) is 46.5. The molecular formula is C58H102O6. The molecule has 0 fully saturated rings. The van der Waals surface area contributed by atoms with Gasteiger partial charge in [-0.15, -0.1) is 0 Å². The van der Waals surface area contributed by atoms with Crippen molar-refractivity contribution in [1.82, 2.24) is 0 Å². The Morgan fingerprint density at radius 2 is 0.672 bits per heavy atom. The van der Waals surface area contributed by atoms with Gasteiger partial charge in [0.25, 0.3) is 0 Å². The molecule has 64 heavy (non-hydrogen) atoms. The van der Waals surface area contributed by atoms with E-state index in [0.29, 0.717) is 12.8 Å². The number of esters is 3. The Hall–Kier alpha value is -2.89. The van der Waals surface area contributed by atoms with Crippen LogP contribution in [0.4, 0.5) is 0 Å². The zero-order valence-electron chi connectivity index (χ0n) is 42.3. The predicted octanol–water partition coefficient (Wildman–Crippen LogP) is 18.0. The van der Waals surface area contributed by atoms with E-state index in [1.807, 2.05) is 6.08 Å². The number of carbonyl (C=O) groups excluding carboxylic acids is 3. The van der Waals surface area contributed by atoms with E-state index in [1.165, 1.54) is 161 Å². The summed E-state index contributed by atoms with van der Waals surface area (Å²) < 4.78 is 16.7. The molecule has 0 aliphatic carbocycles. The van der Waals surface area contributed by atoms with E-state index in [9.17, 15) is 14.4 Å². The van der Waals surface area contributed by atoms with E-state index in [-0.39, 0.29) is 31.6 Å². The lowest BCUT2D eigenvalue weighted by molar-refractivity contribution is -0.166. The average molecular weight is 895 g/mol. The van der Waals surface area contributed by atoms with Crippen LogP contribution in [-0.4, -0.2) is 37.2 Å². The molecule has 0 saturated carbocycles. The van der Waals surface area contributed by atoms with Crippen LogP contribution in [0.25, 0.3) is 0 Å². The van der Waals surface area contributed by atoms with Crippen LogP contribution >= 0.6 is 0 Å². The standard InChI is InChI=1S/C58H102O6/c1-4-7-10-13-16-19-21-23-25-27-29-31-32-34-36-39-42-45-48-51-57(60)63-54-55(53-62-56(59)50-47-44-41-38-18-15-12-9-6-3)64-58(61)52-49-46-43-40-37-35-33-30-28-26-24-22-20-17-14-11-8-5-2/h9,12,18,27,29-30,33,38,44,47,55H,4-8,10-11,13-17,19-26,28,31-32,34-37,39-43,45-46,48-54H2,1-3H3/b12-9-,29-27-,33-30-,38-18-,47-44-. The van der Waals surface area contributed by atoms with Crippen LogP contribution in [0.15, 0.2) is 60.8 Å². The summed E-state index contributed by atoms with van der Waals surface area (Å²) in [5, 5.41) is 0. The van der Waals surface area contributed by atoms with Crippen LogP contribution in [0, 0.1) is 0 Å². The summed E-state index contributed by atoms with van der Waals surface area (Å²) in [5.41, 5.74) is 0. The summed E-state index contributed by atoms with van der Waals surface area (Å²) in [5.74, 6) is -1.04. The van der Waals surface area contributed by atoms with E-state index in [2.05, 4.69) is 69.4 Å². The molecule has 0 aromatic heterocycles. The average Bonchev–Trinajstić information content (AvgIpc) is 3.29. The maximum atomic E-state index is 12.8. The highest BCUT2D eigenvalue weighted by Crippen LogP contribution is 2.15. The minimum absolute atomic E-state index is 0.106. The summed E-state index contributed by atoms with van der Waals surface area (Å²) in [4.78, 5) is 37.9. The highest BCUT2D eigenvalue weighted by atomic mass is 16.6. The number of rotatable bonds is 49. The van der Waals surface area contributed by atoms with Crippen LogP contribution in [0.3, 0.4) is 0 Å². The SMILES string of the molecule is CC/C=C\C/C=C\C/C=C\CC(=O)OCC(COC(=O)CCCCCCCCC/C=C\CCCCCCCCCC)OC(=O)CCCCCCC/C=C\CCCCCCCCCCC. The Kier molecular flexibility index (Phi) is 50.4. The van der Waals surface area contributed by atoms with Crippen molar-refractivity contribution in [3.05, 3.63) is 60.8 Å². The second kappa shape index (κ2) is 52.7. The first-order valence-corrected chi connectivity index (χ1v) is 27.3. The Labute approximate surface area is 396 Å². The van der Waals surface area contributed by atoms with Gasteiger partial charge < -0.3 is 14.2 Å². The van der Waals surface area contributed by atoms with Gasteiger partial charge in [-0.25, -0.2) is 0 Å². The van der Waals surface area contributed by atoms with E-state index < -0.39 is 12.1 Å². The number of carbonyl (C=O) groups is 3.